The fourth-order valence-electron chi connectivity index (χ4n) is 4.95. The van der Waals surface area contributed by atoms with Gasteiger partial charge in [-0.05, 0) is 50.9 Å². The van der Waals surface area contributed by atoms with Crippen LogP contribution in [0.2, 0.25) is 0 Å². The zero-order chi connectivity index (χ0) is 18.2. The highest BCUT2D eigenvalue weighted by atomic mass is 16.6. The molecule has 0 aromatic carbocycles. The molecule has 138 valence electrons. The van der Waals surface area contributed by atoms with Crippen LogP contribution >= 0.6 is 0 Å². The van der Waals surface area contributed by atoms with E-state index < -0.39 is 42.3 Å². The quantitative estimate of drug-likeness (QED) is 0.437. The maximum atomic E-state index is 12.1. The number of rotatable bonds is 6. The second-order valence-corrected chi connectivity index (χ2v) is 7.86. The first-order valence-corrected chi connectivity index (χ1v) is 8.61. The molecule has 25 heavy (non-hydrogen) atoms. The van der Waals surface area contributed by atoms with Crippen molar-refractivity contribution in [2.75, 3.05) is 13.2 Å². The minimum absolute atomic E-state index is 0.173. The molecule has 0 radical (unpaired) electrons. The van der Waals surface area contributed by atoms with Crippen LogP contribution in [0.5, 0.6) is 0 Å². The molecule has 0 spiro atoms. The molecule has 4 rings (SSSR count). The van der Waals surface area contributed by atoms with Crippen molar-refractivity contribution in [2.24, 2.45) is 11.8 Å². The Morgan fingerprint density at radius 3 is 2.20 bits per heavy atom. The lowest BCUT2D eigenvalue weighted by Gasteiger charge is -2.59. The third kappa shape index (κ3) is 4.03. The number of hydrogen-bond donors (Lipinski definition) is 1. The number of esters is 3. The molecule has 4 aliphatic carbocycles. The molecule has 0 aliphatic heterocycles. The van der Waals surface area contributed by atoms with Crippen molar-refractivity contribution in [2.45, 2.75) is 56.7 Å². The van der Waals surface area contributed by atoms with Gasteiger partial charge in [0.15, 0.2) is 13.2 Å². The molecule has 4 aliphatic rings. The lowest BCUT2D eigenvalue weighted by molar-refractivity contribution is -0.222. The standard InChI is InChI=1S/C18H24O7/c1-11(2)16(21)24-8-14(19)23-9-15(20)25-18-6-12-3-13(7-18)5-17(22,4-12)10-18/h12-13,22H,1,3-10H2,2H3. The Bertz CT molecular complexity index is 595. The zero-order valence-corrected chi connectivity index (χ0v) is 14.4. The summed E-state index contributed by atoms with van der Waals surface area (Å²) in [6.45, 7) is 3.75. The molecule has 0 amide bonds. The fourth-order valence-corrected chi connectivity index (χ4v) is 4.95. The summed E-state index contributed by atoms with van der Waals surface area (Å²) in [5.74, 6) is -1.37. The van der Waals surface area contributed by atoms with Gasteiger partial charge in [-0.1, -0.05) is 6.58 Å². The fraction of sp³-hybridized carbons (Fsp3) is 0.722. The molecular formula is C18H24O7. The maximum Gasteiger partial charge on any atom is 0.344 e. The van der Waals surface area contributed by atoms with Gasteiger partial charge >= 0.3 is 17.9 Å². The monoisotopic (exact) mass is 352 g/mol. The van der Waals surface area contributed by atoms with Crippen molar-refractivity contribution in [3.63, 3.8) is 0 Å². The van der Waals surface area contributed by atoms with E-state index in [4.69, 9.17) is 9.47 Å². The summed E-state index contributed by atoms with van der Waals surface area (Å²) < 4.78 is 15.1. The Balaban J connectivity index is 1.46. The van der Waals surface area contributed by atoms with Crippen molar-refractivity contribution in [1.29, 1.82) is 0 Å². The van der Waals surface area contributed by atoms with E-state index in [1.807, 2.05) is 0 Å². The SMILES string of the molecule is C=C(C)C(=O)OCC(=O)OCC(=O)OC12CC3CC(CC(O)(C3)C1)C2. The normalized spacial score (nSPS) is 35.1. The molecule has 7 heteroatoms. The van der Waals surface area contributed by atoms with Gasteiger partial charge in [0.2, 0.25) is 0 Å². The van der Waals surface area contributed by atoms with Gasteiger partial charge in [-0.2, -0.15) is 0 Å². The first kappa shape index (κ1) is 17.9. The van der Waals surface area contributed by atoms with Gasteiger partial charge in [-0.25, -0.2) is 14.4 Å². The number of ether oxygens (including phenoxy) is 3. The highest BCUT2D eigenvalue weighted by Gasteiger charge is 2.59. The van der Waals surface area contributed by atoms with Crippen LogP contribution < -0.4 is 0 Å². The van der Waals surface area contributed by atoms with E-state index in [1.165, 1.54) is 6.92 Å². The third-order valence-electron chi connectivity index (χ3n) is 5.33. The van der Waals surface area contributed by atoms with Gasteiger partial charge < -0.3 is 19.3 Å². The van der Waals surface area contributed by atoms with Crippen molar-refractivity contribution >= 4 is 17.9 Å². The smallest absolute Gasteiger partial charge is 0.344 e. The predicted molar refractivity (Wildman–Crippen MR) is 85.2 cm³/mol. The van der Waals surface area contributed by atoms with Crippen molar-refractivity contribution in [3.05, 3.63) is 12.2 Å². The summed E-state index contributed by atoms with van der Waals surface area (Å²) >= 11 is 0. The average molecular weight is 352 g/mol. The second kappa shape index (κ2) is 6.44. The largest absolute Gasteiger partial charge is 0.456 e. The molecule has 0 aromatic rings. The lowest BCUT2D eigenvalue weighted by Crippen LogP contribution is -2.60. The van der Waals surface area contributed by atoms with Crippen LogP contribution in [0.15, 0.2) is 12.2 Å². The molecule has 0 saturated heterocycles. The first-order chi connectivity index (χ1) is 11.7. The molecular weight excluding hydrogens is 328 g/mol. The van der Waals surface area contributed by atoms with Gasteiger partial charge in [0, 0.05) is 12.0 Å². The van der Waals surface area contributed by atoms with Crippen molar-refractivity contribution in [3.8, 4) is 0 Å². The van der Waals surface area contributed by atoms with Crippen LogP contribution in [0.3, 0.4) is 0 Å². The summed E-state index contributed by atoms with van der Waals surface area (Å²) in [4.78, 5) is 34.8. The van der Waals surface area contributed by atoms with Gasteiger partial charge in [0.25, 0.3) is 0 Å². The van der Waals surface area contributed by atoms with Gasteiger partial charge in [-0.3, -0.25) is 0 Å². The first-order valence-electron chi connectivity index (χ1n) is 8.61. The molecule has 2 unspecified atom stereocenters. The summed E-state index contributed by atoms with van der Waals surface area (Å²) in [7, 11) is 0. The molecule has 0 heterocycles. The lowest BCUT2D eigenvalue weighted by atomic mass is 9.52. The number of aliphatic hydroxyl groups is 1. The topological polar surface area (TPSA) is 99.1 Å². The Hall–Kier alpha value is -1.89. The average Bonchev–Trinajstić information content (AvgIpc) is 2.47. The highest BCUT2D eigenvalue weighted by Crippen LogP contribution is 2.58. The number of carbonyl (C=O) groups excluding carboxylic acids is 3. The molecule has 0 aromatic heterocycles. The van der Waals surface area contributed by atoms with Crippen LogP contribution in [-0.4, -0.2) is 47.4 Å². The van der Waals surface area contributed by atoms with Gasteiger partial charge in [0.1, 0.15) is 5.60 Å². The van der Waals surface area contributed by atoms with E-state index in [2.05, 4.69) is 11.3 Å². The predicted octanol–water partition coefficient (Wildman–Crippen LogP) is 1.28. The van der Waals surface area contributed by atoms with Crippen LogP contribution in [0.25, 0.3) is 0 Å². The highest BCUT2D eigenvalue weighted by molar-refractivity contribution is 5.88. The van der Waals surface area contributed by atoms with E-state index >= 15 is 0 Å². The van der Waals surface area contributed by atoms with Crippen LogP contribution in [0.4, 0.5) is 0 Å². The van der Waals surface area contributed by atoms with Crippen molar-refractivity contribution in [1.82, 2.24) is 0 Å². The Morgan fingerprint density at radius 2 is 1.64 bits per heavy atom. The molecule has 4 bridgehead atoms. The van der Waals surface area contributed by atoms with E-state index in [0.29, 0.717) is 18.3 Å². The zero-order valence-electron chi connectivity index (χ0n) is 14.4. The van der Waals surface area contributed by atoms with Gasteiger partial charge in [-0.15, -0.1) is 0 Å². The van der Waals surface area contributed by atoms with E-state index in [0.717, 1.165) is 32.1 Å². The molecule has 1 N–H and O–H groups in total. The third-order valence-corrected chi connectivity index (χ3v) is 5.33. The van der Waals surface area contributed by atoms with E-state index in [1.54, 1.807) is 0 Å². The summed E-state index contributed by atoms with van der Waals surface area (Å²) in [6, 6.07) is 0. The molecule has 4 fully saturated rings. The molecule has 7 nitrogen and oxygen atoms in total. The van der Waals surface area contributed by atoms with Crippen LogP contribution in [0, 0.1) is 11.8 Å². The minimum Gasteiger partial charge on any atom is -0.456 e. The Kier molecular flexibility index (Phi) is 4.62. The van der Waals surface area contributed by atoms with Crippen molar-refractivity contribution < 1.29 is 33.7 Å². The number of hydrogen-bond acceptors (Lipinski definition) is 7. The minimum atomic E-state index is -0.823. The molecule has 2 atom stereocenters. The van der Waals surface area contributed by atoms with Crippen LogP contribution in [-0.2, 0) is 28.6 Å². The summed E-state index contributed by atoms with van der Waals surface area (Å²) in [6.07, 6.45) is 4.65. The second-order valence-electron chi connectivity index (χ2n) is 7.86. The summed E-state index contributed by atoms with van der Waals surface area (Å²) in [5, 5.41) is 10.6. The Morgan fingerprint density at radius 1 is 1.04 bits per heavy atom. The number of carbonyl (C=O) groups is 3. The van der Waals surface area contributed by atoms with Crippen LogP contribution in [0.1, 0.15) is 45.4 Å². The summed E-state index contributed by atoms with van der Waals surface area (Å²) in [5.41, 5.74) is -1.18. The van der Waals surface area contributed by atoms with E-state index in [9.17, 15) is 19.5 Å². The molecule has 4 saturated carbocycles. The maximum absolute atomic E-state index is 12.1. The van der Waals surface area contributed by atoms with Gasteiger partial charge in [0.05, 0.1) is 5.60 Å². The van der Waals surface area contributed by atoms with E-state index in [-0.39, 0.29) is 5.57 Å². The Labute approximate surface area is 146 Å².